The van der Waals surface area contributed by atoms with E-state index < -0.39 is 40.5 Å². The SMILES string of the molecule is O=C(c1cc(C(F)(F)F)cc(C(F)(F)F)c1)N1CCC2(CC1)C(=O)N(CCN1CCCC1)CN2Cc1ccccc1. The van der Waals surface area contributed by atoms with Gasteiger partial charge in [0.15, 0.2) is 0 Å². The van der Waals surface area contributed by atoms with Crippen LogP contribution in [0.25, 0.3) is 0 Å². The lowest BCUT2D eigenvalue weighted by Gasteiger charge is -2.42. The number of amides is 2. The molecule has 41 heavy (non-hydrogen) atoms. The summed E-state index contributed by atoms with van der Waals surface area (Å²) >= 11 is 0. The minimum absolute atomic E-state index is 0.0113. The number of hydrogen-bond acceptors (Lipinski definition) is 4. The maximum Gasteiger partial charge on any atom is 0.416 e. The van der Waals surface area contributed by atoms with Crippen molar-refractivity contribution in [2.75, 3.05) is 45.9 Å². The van der Waals surface area contributed by atoms with E-state index in [1.165, 1.54) is 4.90 Å². The predicted molar refractivity (Wildman–Crippen MR) is 139 cm³/mol. The van der Waals surface area contributed by atoms with Crippen molar-refractivity contribution >= 4 is 11.8 Å². The molecular formula is C29H32F6N4O2. The number of rotatable bonds is 6. The van der Waals surface area contributed by atoms with E-state index >= 15 is 0 Å². The van der Waals surface area contributed by atoms with Crippen LogP contribution in [0.15, 0.2) is 48.5 Å². The Morgan fingerprint density at radius 1 is 0.805 bits per heavy atom. The number of carbonyl (C=O) groups is 2. The molecule has 2 aromatic rings. The molecule has 3 aliphatic heterocycles. The van der Waals surface area contributed by atoms with E-state index in [4.69, 9.17) is 0 Å². The molecule has 12 heteroatoms. The highest BCUT2D eigenvalue weighted by atomic mass is 19.4. The van der Waals surface area contributed by atoms with Gasteiger partial charge in [-0.05, 0) is 62.5 Å². The van der Waals surface area contributed by atoms with E-state index in [0.717, 1.165) is 38.0 Å². The number of halogens is 6. The molecule has 5 rings (SSSR count). The van der Waals surface area contributed by atoms with Crippen molar-refractivity contribution in [3.8, 4) is 0 Å². The smallest absolute Gasteiger partial charge is 0.338 e. The highest BCUT2D eigenvalue weighted by Gasteiger charge is 2.53. The summed E-state index contributed by atoms with van der Waals surface area (Å²) in [4.78, 5) is 34.6. The zero-order chi connectivity index (χ0) is 29.4. The van der Waals surface area contributed by atoms with Crippen LogP contribution in [0.4, 0.5) is 26.3 Å². The van der Waals surface area contributed by atoms with Gasteiger partial charge < -0.3 is 14.7 Å². The molecule has 0 bridgehead atoms. The van der Waals surface area contributed by atoms with Crippen LogP contribution in [0.2, 0.25) is 0 Å². The Balaban J connectivity index is 1.35. The van der Waals surface area contributed by atoms with E-state index in [2.05, 4.69) is 9.80 Å². The highest BCUT2D eigenvalue weighted by molar-refractivity contribution is 5.95. The third-order valence-corrected chi connectivity index (χ3v) is 8.45. The number of hydrogen-bond donors (Lipinski definition) is 0. The Morgan fingerprint density at radius 3 is 1.95 bits per heavy atom. The van der Waals surface area contributed by atoms with Crippen molar-refractivity contribution in [2.45, 2.75) is 50.1 Å². The molecule has 2 amide bonds. The molecule has 0 saturated carbocycles. The van der Waals surface area contributed by atoms with Gasteiger partial charge in [0, 0.05) is 38.3 Å². The Morgan fingerprint density at radius 2 is 1.39 bits per heavy atom. The van der Waals surface area contributed by atoms with Gasteiger partial charge in [-0.3, -0.25) is 14.5 Å². The number of carbonyl (C=O) groups excluding carboxylic acids is 2. The van der Waals surface area contributed by atoms with Crippen LogP contribution in [0, 0.1) is 0 Å². The van der Waals surface area contributed by atoms with Crippen LogP contribution in [0.5, 0.6) is 0 Å². The third kappa shape index (κ3) is 6.23. The first-order valence-electron chi connectivity index (χ1n) is 13.8. The van der Waals surface area contributed by atoms with Gasteiger partial charge in [0.1, 0.15) is 5.54 Å². The first-order valence-corrected chi connectivity index (χ1v) is 13.8. The van der Waals surface area contributed by atoms with E-state index in [-0.39, 0.29) is 37.9 Å². The van der Waals surface area contributed by atoms with Crippen molar-refractivity contribution in [3.05, 3.63) is 70.8 Å². The predicted octanol–water partition coefficient (Wildman–Crippen LogP) is 5.10. The van der Waals surface area contributed by atoms with E-state index in [9.17, 15) is 35.9 Å². The van der Waals surface area contributed by atoms with Gasteiger partial charge in [0.2, 0.25) is 5.91 Å². The molecule has 3 heterocycles. The maximum absolute atomic E-state index is 13.9. The fraction of sp³-hybridized carbons (Fsp3) is 0.517. The minimum atomic E-state index is -5.05. The van der Waals surface area contributed by atoms with Gasteiger partial charge in [-0.25, -0.2) is 0 Å². The Bertz CT molecular complexity index is 1220. The summed E-state index contributed by atoms with van der Waals surface area (Å²) < 4.78 is 80.2. The number of alkyl halides is 6. The summed E-state index contributed by atoms with van der Waals surface area (Å²) in [7, 11) is 0. The van der Waals surface area contributed by atoms with Gasteiger partial charge in [-0.15, -0.1) is 0 Å². The second-order valence-electron chi connectivity index (χ2n) is 11.1. The Kier molecular flexibility index (Phi) is 8.08. The lowest BCUT2D eigenvalue weighted by Crippen LogP contribution is -2.57. The highest BCUT2D eigenvalue weighted by Crippen LogP contribution is 2.39. The number of piperidine rings is 1. The quantitative estimate of drug-likeness (QED) is 0.445. The first-order chi connectivity index (χ1) is 19.4. The van der Waals surface area contributed by atoms with Gasteiger partial charge in [-0.1, -0.05) is 30.3 Å². The molecule has 222 valence electrons. The summed E-state index contributed by atoms with van der Waals surface area (Å²) in [6, 6.07) is 10.6. The zero-order valence-corrected chi connectivity index (χ0v) is 22.5. The lowest BCUT2D eigenvalue weighted by molar-refractivity contribution is -0.143. The van der Waals surface area contributed by atoms with Gasteiger partial charge in [-0.2, -0.15) is 26.3 Å². The fourth-order valence-electron chi connectivity index (χ4n) is 6.15. The minimum Gasteiger partial charge on any atom is -0.338 e. The topological polar surface area (TPSA) is 47.1 Å². The molecular weight excluding hydrogens is 550 g/mol. The van der Waals surface area contributed by atoms with E-state index in [0.29, 0.717) is 31.9 Å². The van der Waals surface area contributed by atoms with E-state index in [1.807, 2.05) is 35.2 Å². The molecule has 3 aliphatic rings. The summed E-state index contributed by atoms with van der Waals surface area (Å²) in [5, 5.41) is 0. The lowest BCUT2D eigenvalue weighted by atomic mass is 9.85. The second-order valence-corrected chi connectivity index (χ2v) is 11.1. The summed E-state index contributed by atoms with van der Waals surface area (Å²) in [5.74, 6) is -0.958. The van der Waals surface area contributed by atoms with Crippen LogP contribution in [0.1, 0.15) is 52.7 Å². The maximum atomic E-state index is 13.9. The van der Waals surface area contributed by atoms with Crippen LogP contribution in [-0.2, 0) is 23.7 Å². The third-order valence-electron chi connectivity index (χ3n) is 8.45. The summed E-state index contributed by atoms with van der Waals surface area (Å²) in [6.07, 6.45) is -7.36. The van der Waals surface area contributed by atoms with E-state index in [1.54, 1.807) is 0 Å². The summed E-state index contributed by atoms with van der Waals surface area (Å²) in [5.41, 5.74) is -3.61. The van der Waals surface area contributed by atoms with Gasteiger partial charge in [0.05, 0.1) is 17.8 Å². The average Bonchev–Trinajstić information content (AvgIpc) is 3.54. The van der Waals surface area contributed by atoms with Crippen LogP contribution in [-0.4, -0.2) is 82.9 Å². The second kappa shape index (κ2) is 11.3. The molecule has 2 aromatic carbocycles. The molecule has 0 radical (unpaired) electrons. The van der Waals surface area contributed by atoms with Crippen molar-refractivity contribution in [1.29, 1.82) is 0 Å². The van der Waals surface area contributed by atoms with Crippen LogP contribution < -0.4 is 0 Å². The number of nitrogens with zero attached hydrogens (tertiary/aromatic N) is 4. The van der Waals surface area contributed by atoms with Crippen molar-refractivity contribution < 1.29 is 35.9 Å². The molecule has 3 fully saturated rings. The molecule has 1 spiro atoms. The van der Waals surface area contributed by atoms with Gasteiger partial charge >= 0.3 is 12.4 Å². The molecule has 0 atom stereocenters. The van der Waals surface area contributed by atoms with Gasteiger partial charge in [0.25, 0.3) is 5.91 Å². The Hall–Kier alpha value is -3.12. The molecule has 6 nitrogen and oxygen atoms in total. The van der Waals surface area contributed by atoms with Crippen molar-refractivity contribution in [3.63, 3.8) is 0 Å². The number of likely N-dealkylation sites (tertiary alicyclic amines) is 2. The van der Waals surface area contributed by atoms with Crippen molar-refractivity contribution in [2.24, 2.45) is 0 Å². The molecule has 0 aromatic heterocycles. The first kappa shape index (κ1) is 29.4. The average molecular weight is 583 g/mol. The molecule has 0 aliphatic carbocycles. The molecule has 3 saturated heterocycles. The van der Waals surface area contributed by atoms with Crippen molar-refractivity contribution in [1.82, 2.24) is 19.6 Å². The largest absolute Gasteiger partial charge is 0.416 e. The standard InChI is InChI=1S/C29H32F6N4O2/c30-28(31,32)23-16-22(17-24(18-23)29(33,34)35)25(40)37-12-8-27(9-13-37)26(41)38(15-14-36-10-4-5-11-36)20-39(27)19-21-6-2-1-3-7-21/h1-3,6-7,16-18H,4-5,8-15,19-20H2. The normalized spacial score (nSPS) is 20.4. The number of benzene rings is 2. The Labute approximate surface area is 234 Å². The zero-order valence-electron chi connectivity index (χ0n) is 22.5. The summed E-state index contributed by atoms with van der Waals surface area (Å²) in [6.45, 7) is 4.33. The van der Waals surface area contributed by atoms with Crippen LogP contribution in [0.3, 0.4) is 0 Å². The van der Waals surface area contributed by atoms with Crippen LogP contribution >= 0.6 is 0 Å². The fourth-order valence-corrected chi connectivity index (χ4v) is 6.15. The molecule has 0 N–H and O–H groups in total. The molecule has 0 unspecified atom stereocenters. The monoisotopic (exact) mass is 582 g/mol.